The summed E-state index contributed by atoms with van der Waals surface area (Å²) in [5, 5.41) is 7.84. The Morgan fingerprint density at radius 3 is 2.92 bits per heavy atom. The molecule has 5 N–H and O–H groups in total. The Hall–Kier alpha value is -2.42. The molecule has 2 aromatic heterocycles. The molecule has 0 spiro atoms. The van der Waals surface area contributed by atoms with Crippen molar-refractivity contribution in [3.63, 3.8) is 0 Å². The molecular formula is C17H27N7O2. The number of ether oxygens (including phenoxy) is 1. The van der Waals surface area contributed by atoms with Crippen LogP contribution in [0.2, 0.25) is 0 Å². The number of hydrogen-bond acceptors (Lipinski definition) is 7. The quantitative estimate of drug-likeness (QED) is 0.629. The number of piperidine rings is 1. The van der Waals surface area contributed by atoms with Gasteiger partial charge in [-0.3, -0.25) is 4.79 Å². The van der Waals surface area contributed by atoms with Crippen molar-refractivity contribution in [1.82, 2.24) is 24.9 Å². The number of nitrogen functional groups attached to an aromatic ring is 1. The molecule has 142 valence electrons. The van der Waals surface area contributed by atoms with Crippen LogP contribution in [0.3, 0.4) is 0 Å². The Morgan fingerprint density at radius 2 is 2.23 bits per heavy atom. The number of nitrogens with one attached hydrogen (secondary N) is 1. The van der Waals surface area contributed by atoms with E-state index >= 15 is 0 Å². The van der Waals surface area contributed by atoms with Crippen LogP contribution in [0.1, 0.15) is 44.7 Å². The lowest BCUT2D eigenvalue weighted by Gasteiger charge is -2.22. The van der Waals surface area contributed by atoms with E-state index in [-0.39, 0.29) is 24.4 Å². The topological polar surface area (TPSA) is 133 Å². The van der Waals surface area contributed by atoms with Gasteiger partial charge in [-0.05, 0) is 44.7 Å². The Balaban J connectivity index is 1.82. The standard InChI is InChI=1S/C17H27N7O2/c1-2-3-13(9-14(18)25)26-17-22-15(19)16-21-10-12(24(16)23-17)8-11-4-6-20-7-5-11/h10-11,13,20H,2-9H2,1H3,(H2,18,25)(H2,19,22,23). The lowest BCUT2D eigenvalue weighted by Crippen LogP contribution is -2.29. The van der Waals surface area contributed by atoms with Crippen LogP contribution in [-0.4, -0.2) is 44.7 Å². The fourth-order valence-electron chi connectivity index (χ4n) is 3.40. The molecule has 0 aliphatic carbocycles. The molecule has 1 amide bonds. The van der Waals surface area contributed by atoms with Crippen LogP contribution in [0.25, 0.3) is 5.65 Å². The van der Waals surface area contributed by atoms with Gasteiger partial charge in [0.2, 0.25) is 5.91 Å². The average molecular weight is 361 g/mol. The van der Waals surface area contributed by atoms with E-state index in [1.54, 1.807) is 10.7 Å². The Morgan fingerprint density at radius 1 is 1.46 bits per heavy atom. The molecule has 1 unspecified atom stereocenters. The van der Waals surface area contributed by atoms with E-state index in [2.05, 4.69) is 20.4 Å². The van der Waals surface area contributed by atoms with Crippen molar-refractivity contribution in [2.45, 2.75) is 51.6 Å². The lowest BCUT2D eigenvalue weighted by molar-refractivity contribution is -0.119. The highest BCUT2D eigenvalue weighted by atomic mass is 16.5. The van der Waals surface area contributed by atoms with Gasteiger partial charge in [-0.1, -0.05) is 13.3 Å². The second-order valence-electron chi connectivity index (χ2n) is 6.86. The van der Waals surface area contributed by atoms with Gasteiger partial charge >= 0.3 is 6.01 Å². The van der Waals surface area contributed by atoms with Gasteiger partial charge in [-0.15, -0.1) is 5.10 Å². The van der Waals surface area contributed by atoms with Gasteiger partial charge in [0.1, 0.15) is 6.10 Å². The summed E-state index contributed by atoms with van der Waals surface area (Å²) in [6.45, 7) is 4.10. The van der Waals surface area contributed by atoms with Crippen molar-refractivity contribution in [3.05, 3.63) is 11.9 Å². The monoisotopic (exact) mass is 361 g/mol. The minimum absolute atomic E-state index is 0.126. The maximum Gasteiger partial charge on any atom is 0.336 e. The zero-order valence-electron chi connectivity index (χ0n) is 15.1. The van der Waals surface area contributed by atoms with Crippen LogP contribution in [0.5, 0.6) is 6.01 Å². The third-order valence-corrected chi connectivity index (χ3v) is 4.71. The maximum atomic E-state index is 11.2. The molecule has 0 radical (unpaired) electrons. The highest BCUT2D eigenvalue weighted by Gasteiger charge is 2.20. The number of nitrogens with zero attached hydrogens (tertiary/aromatic N) is 4. The van der Waals surface area contributed by atoms with Gasteiger partial charge in [0, 0.05) is 0 Å². The minimum Gasteiger partial charge on any atom is -0.459 e. The first-order valence-electron chi connectivity index (χ1n) is 9.22. The molecule has 1 aliphatic rings. The molecule has 26 heavy (non-hydrogen) atoms. The second-order valence-corrected chi connectivity index (χ2v) is 6.86. The number of imidazole rings is 1. The van der Waals surface area contributed by atoms with Gasteiger partial charge in [0.05, 0.1) is 18.3 Å². The van der Waals surface area contributed by atoms with Gasteiger partial charge in [-0.2, -0.15) is 4.98 Å². The predicted octanol–water partition coefficient (Wildman–Crippen LogP) is 0.672. The molecule has 1 fully saturated rings. The fourth-order valence-corrected chi connectivity index (χ4v) is 3.40. The summed E-state index contributed by atoms with van der Waals surface area (Å²) >= 11 is 0. The van der Waals surface area contributed by atoms with E-state index in [0.29, 0.717) is 18.0 Å². The molecule has 1 saturated heterocycles. The fraction of sp³-hybridized carbons (Fsp3) is 0.647. The Bertz CT molecular complexity index is 755. The van der Waals surface area contributed by atoms with Crippen molar-refractivity contribution in [3.8, 4) is 6.01 Å². The molecule has 9 nitrogen and oxygen atoms in total. The largest absolute Gasteiger partial charge is 0.459 e. The summed E-state index contributed by atoms with van der Waals surface area (Å²) in [5.74, 6) is 0.451. The van der Waals surface area contributed by atoms with Gasteiger partial charge in [-0.25, -0.2) is 9.50 Å². The highest BCUT2D eigenvalue weighted by molar-refractivity contribution is 5.74. The molecule has 0 bridgehead atoms. The van der Waals surface area contributed by atoms with Crippen molar-refractivity contribution < 1.29 is 9.53 Å². The number of primary amides is 1. The van der Waals surface area contributed by atoms with E-state index < -0.39 is 5.91 Å². The van der Waals surface area contributed by atoms with E-state index in [9.17, 15) is 4.79 Å². The van der Waals surface area contributed by atoms with Crippen LogP contribution in [0, 0.1) is 5.92 Å². The number of carbonyl (C=O) groups excluding carboxylic acids is 1. The smallest absolute Gasteiger partial charge is 0.336 e. The SMILES string of the molecule is CCCC(CC(N)=O)Oc1nc(N)c2ncc(CC3CCNCC3)n2n1. The van der Waals surface area contributed by atoms with Crippen molar-refractivity contribution >= 4 is 17.4 Å². The summed E-state index contributed by atoms with van der Waals surface area (Å²) in [6, 6.07) is 0.152. The molecule has 2 aromatic rings. The Labute approximate surface area is 152 Å². The first kappa shape index (κ1) is 18.4. The second kappa shape index (κ2) is 8.31. The number of hydrogen-bond donors (Lipinski definition) is 3. The van der Waals surface area contributed by atoms with Crippen molar-refractivity contribution in [2.75, 3.05) is 18.8 Å². The summed E-state index contributed by atoms with van der Waals surface area (Å²) in [4.78, 5) is 19.8. The number of rotatable bonds is 8. The number of anilines is 1. The molecule has 3 rings (SSSR count). The van der Waals surface area contributed by atoms with Crippen LogP contribution in [0.4, 0.5) is 5.82 Å². The van der Waals surface area contributed by atoms with Gasteiger partial charge < -0.3 is 21.5 Å². The maximum absolute atomic E-state index is 11.2. The molecular weight excluding hydrogens is 334 g/mol. The number of nitrogens with two attached hydrogens (primary N) is 2. The molecule has 1 atom stereocenters. The molecule has 9 heteroatoms. The summed E-state index contributed by atoms with van der Waals surface area (Å²) in [5.41, 5.74) is 12.9. The first-order chi connectivity index (χ1) is 12.6. The average Bonchev–Trinajstić information content (AvgIpc) is 2.99. The number of amides is 1. The summed E-state index contributed by atoms with van der Waals surface area (Å²) in [6.07, 6.45) is 6.28. The van der Waals surface area contributed by atoms with E-state index in [1.807, 2.05) is 6.92 Å². The third kappa shape index (κ3) is 4.40. The van der Waals surface area contributed by atoms with Gasteiger partial charge in [0.15, 0.2) is 11.5 Å². The molecule has 0 saturated carbocycles. The molecule has 0 aromatic carbocycles. The van der Waals surface area contributed by atoms with Gasteiger partial charge in [0.25, 0.3) is 0 Å². The highest BCUT2D eigenvalue weighted by Crippen LogP contribution is 2.21. The van der Waals surface area contributed by atoms with E-state index in [1.165, 1.54) is 0 Å². The van der Waals surface area contributed by atoms with Crippen LogP contribution in [-0.2, 0) is 11.2 Å². The molecule has 1 aliphatic heterocycles. The number of fused-ring (bicyclic) bond motifs is 1. The predicted molar refractivity (Wildman–Crippen MR) is 97.6 cm³/mol. The third-order valence-electron chi connectivity index (χ3n) is 4.71. The zero-order chi connectivity index (χ0) is 18.5. The molecule has 3 heterocycles. The van der Waals surface area contributed by atoms with Crippen LogP contribution >= 0.6 is 0 Å². The van der Waals surface area contributed by atoms with Crippen molar-refractivity contribution in [1.29, 1.82) is 0 Å². The first-order valence-corrected chi connectivity index (χ1v) is 9.22. The van der Waals surface area contributed by atoms with Crippen LogP contribution in [0.15, 0.2) is 6.20 Å². The summed E-state index contributed by atoms with van der Waals surface area (Å²) in [7, 11) is 0. The summed E-state index contributed by atoms with van der Waals surface area (Å²) < 4.78 is 7.52. The normalized spacial score (nSPS) is 16.7. The zero-order valence-corrected chi connectivity index (χ0v) is 15.1. The number of aromatic nitrogens is 4. The lowest BCUT2D eigenvalue weighted by atomic mass is 9.93. The van der Waals surface area contributed by atoms with Crippen molar-refractivity contribution in [2.24, 2.45) is 11.7 Å². The minimum atomic E-state index is -0.410. The number of carbonyl (C=O) groups is 1. The van der Waals surface area contributed by atoms with Crippen LogP contribution < -0.4 is 21.5 Å². The van der Waals surface area contributed by atoms with E-state index in [0.717, 1.165) is 44.5 Å². The van der Waals surface area contributed by atoms with E-state index in [4.69, 9.17) is 16.2 Å². The Kier molecular flexibility index (Phi) is 5.87.